The molecular weight excluding hydrogens is 342 g/mol. The Kier molecular flexibility index (Phi) is 4.77. The van der Waals surface area contributed by atoms with Crippen molar-refractivity contribution in [2.75, 3.05) is 6.61 Å². The average molecular weight is 361 g/mol. The summed E-state index contributed by atoms with van der Waals surface area (Å²) >= 11 is 0. The fraction of sp³-hybridized carbons (Fsp3) is 0.238. The van der Waals surface area contributed by atoms with Crippen LogP contribution in [0.3, 0.4) is 0 Å². The van der Waals surface area contributed by atoms with Crippen LogP contribution in [0.2, 0.25) is 0 Å². The third-order valence-corrected chi connectivity index (χ3v) is 4.52. The van der Waals surface area contributed by atoms with Gasteiger partial charge in [-0.2, -0.15) is 10.4 Å². The minimum Gasteiger partial charge on any atom is -0.507 e. The number of hydrogen-bond acceptors (Lipinski definition) is 5. The van der Waals surface area contributed by atoms with Gasteiger partial charge in [0.2, 0.25) is 0 Å². The van der Waals surface area contributed by atoms with Crippen LogP contribution in [0, 0.1) is 11.3 Å². The molecule has 2 aromatic carbocycles. The number of rotatable bonds is 4. The average Bonchev–Trinajstić information content (AvgIpc) is 3.13. The lowest BCUT2D eigenvalue weighted by molar-refractivity contribution is -0.0394. The molecule has 0 bridgehead atoms. The van der Waals surface area contributed by atoms with Gasteiger partial charge in [-0.05, 0) is 55.7 Å². The number of hydrogen-bond donors (Lipinski definition) is 1. The number of aromatic hydroxyl groups is 1. The molecule has 0 spiro atoms. The van der Waals surface area contributed by atoms with Crippen molar-refractivity contribution in [2.24, 2.45) is 0 Å². The third kappa shape index (κ3) is 3.64. The van der Waals surface area contributed by atoms with Crippen molar-refractivity contribution in [2.45, 2.75) is 25.5 Å². The predicted octanol–water partition coefficient (Wildman–Crippen LogP) is 4.62. The molecule has 1 aromatic heterocycles. The fourth-order valence-electron chi connectivity index (χ4n) is 3.11. The highest BCUT2D eigenvalue weighted by Gasteiger charge is 2.22. The standard InChI is InChI=1S/C21H19N3O3/c22-13-15-8-10-16(11-9-15)27-19-14-24(20-7-3-4-12-26-20)23-21(19)17-5-1-2-6-18(17)25/h1-2,5-6,8-11,14,20,25H,3-4,7,12H2. The van der Waals surface area contributed by atoms with Crippen LogP contribution in [0.15, 0.2) is 54.7 Å². The molecule has 0 radical (unpaired) electrons. The molecule has 27 heavy (non-hydrogen) atoms. The maximum atomic E-state index is 10.3. The summed E-state index contributed by atoms with van der Waals surface area (Å²) < 4.78 is 13.6. The smallest absolute Gasteiger partial charge is 0.173 e. The van der Waals surface area contributed by atoms with E-state index in [0.29, 0.717) is 34.9 Å². The summed E-state index contributed by atoms with van der Waals surface area (Å²) in [4.78, 5) is 0. The van der Waals surface area contributed by atoms with Gasteiger partial charge in [0, 0.05) is 12.2 Å². The summed E-state index contributed by atoms with van der Waals surface area (Å²) in [6, 6.07) is 16.0. The van der Waals surface area contributed by atoms with Crippen molar-refractivity contribution in [3.05, 3.63) is 60.3 Å². The Balaban J connectivity index is 1.72. The first-order valence-corrected chi connectivity index (χ1v) is 8.92. The summed E-state index contributed by atoms with van der Waals surface area (Å²) in [5.41, 5.74) is 1.71. The predicted molar refractivity (Wildman–Crippen MR) is 99.4 cm³/mol. The number of aromatic nitrogens is 2. The molecule has 1 saturated heterocycles. The van der Waals surface area contributed by atoms with Gasteiger partial charge in [-0.3, -0.25) is 0 Å². The maximum absolute atomic E-state index is 10.3. The lowest BCUT2D eigenvalue weighted by Gasteiger charge is -2.22. The Hall–Kier alpha value is -3.30. The van der Waals surface area contributed by atoms with Crippen molar-refractivity contribution < 1.29 is 14.6 Å². The van der Waals surface area contributed by atoms with Gasteiger partial charge in [-0.1, -0.05) is 12.1 Å². The number of nitriles is 1. The first kappa shape index (κ1) is 17.1. The minimum absolute atomic E-state index is 0.136. The molecule has 0 amide bonds. The molecule has 1 aliphatic heterocycles. The van der Waals surface area contributed by atoms with Crippen LogP contribution in [0.25, 0.3) is 11.3 Å². The second kappa shape index (κ2) is 7.52. The maximum Gasteiger partial charge on any atom is 0.173 e. The zero-order chi connectivity index (χ0) is 18.6. The minimum atomic E-state index is -0.137. The fourth-order valence-corrected chi connectivity index (χ4v) is 3.11. The molecule has 136 valence electrons. The van der Waals surface area contributed by atoms with E-state index in [9.17, 15) is 5.11 Å². The molecule has 1 unspecified atom stereocenters. The van der Waals surface area contributed by atoms with Gasteiger partial charge in [0.25, 0.3) is 0 Å². The summed E-state index contributed by atoms with van der Waals surface area (Å²) in [7, 11) is 0. The lowest BCUT2D eigenvalue weighted by atomic mass is 10.1. The van der Waals surface area contributed by atoms with E-state index < -0.39 is 0 Å². The molecule has 3 aromatic rings. The molecule has 0 saturated carbocycles. The monoisotopic (exact) mass is 361 g/mol. The van der Waals surface area contributed by atoms with Gasteiger partial charge < -0.3 is 14.6 Å². The van der Waals surface area contributed by atoms with E-state index in [4.69, 9.17) is 14.7 Å². The Morgan fingerprint density at radius 3 is 2.67 bits per heavy atom. The summed E-state index contributed by atoms with van der Waals surface area (Å²) in [6.07, 6.45) is 4.69. The molecule has 6 heteroatoms. The van der Waals surface area contributed by atoms with Crippen molar-refractivity contribution in [3.8, 4) is 34.6 Å². The van der Waals surface area contributed by atoms with Crippen molar-refractivity contribution in [1.29, 1.82) is 5.26 Å². The van der Waals surface area contributed by atoms with Crippen LogP contribution in [-0.4, -0.2) is 21.5 Å². The highest BCUT2D eigenvalue weighted by molar-refractivity contribution is 5.72. The summed E-state index contributed by atoms with van der Waals surface area (Å²) in [6.45, 7) is 0.711. The Bertz CT molecular complexity index is 967. The Morgan fingerprint density at radius 1 is 1.15 bits per heavy atom. The van der Waals surface area contributed by atoms with E-state index in [-0.39, 0.29) is 12.0 Å². The quantitative estimate of drug-likeness (QED) is 0.733. The normalized spacial score (nSPS) is 16.6. The van der Waals surface area contributed by atoms with Gasteiger partial charge in [0.15, 0.2) is 5.75 Å². The molecule has 1 N–H and O–H groups in total. The van der Waals surface area contributed by atoms with E-state index in [1.165, 1.54) is 0 Å². The zero-order valence-electron chi connectivity index (χ0n) is 14.7. The number of phenolic OH excluding ortho intramolecular Hbond substituents is 1. The zero-order valence-corrected chi connectivity index (χ0v) is 14.7. The van der Waals surface area contributed by atoms with Gasteiger partial charge in [0.1, 0.15) is 23.4 Å². The number of phenols is 1. The highest BCUT2D eigenvalue weighted by atomic mass is 16.5. The van der Waals surface area contributed by atoms with Gasteiger partial charge in [-0.25, -0.2) is 4.68 Å². The Labute approximate surface area is 157 Å². The first-order valence-electron chi connectivity index (χ1n) is 8.92. The van der Waals surface area contributed by atoms with Gasteiger partial charge >= 0.3 is 0 Å². The van der Waals surface area contributed by atoms with Crippen LogP contribution in [0.1, 0.15) is 31.1 Å². The lowest BCUT2D eigenvalue weighted by Crippen LogP contribution is -2.18. The van der Waals surface area contributed by atoms with Crippen molar-refractivity contribution in [3.63, 3.8) is 0 Å². The van der Waals surface area contributed by atoms with Gasteiger partial charge in [0.05, 0.1) is 17.8 Å². The second-order valence-electron chi connectivity index (χ2n) is 6.40. The third-order valence-electron chi connectivity index (χ3n) is 4.52. The molecule has 4 rings (SSSR count). The van der Waals surface area contributed by atoms with Crippen LogP contribution in [0.4, 0.5) is 0 Å². The number of nitrogens with zero attached hydrogens (tertiary/aromatic N) is 3. The van der Waals surface area contributed by atoms with Crippen molar-refractivity contribution >= 4 is 0 Å². The summed E-state index contributed by atoms with van der Waals surface area (Å²) in [5, 5.41) is 23.9. The van der Waals surface area contributed by atoms with Crippen molar-refractivity contribution in [1.82, 2.24) is 9.78 Å². The molecule has 1 atom stereocenters. The van der Waals surface area contributed by atoms with Gasteiger partial charge in [-0.15, -0.1) is 0 Å². The molecule has 1 aliphatic rings. The number of ether oxygens (including phenoxy) is 2. The molecule has 2 heterocycles. The molecular formula is C21H19N3O3. The second-order valence-corrected chi connectivity index (χ2v) is 6.40. The van der Waals surface area contributed by atoms with E-state index in [0.717, 1.165) is 19.3 Å². The van der Waals surface area contributed by atoms with Crippen LogP contribution in [0.5, 0.6) is 17.2 Å². The molecule has 0 aliphatic carbocycles. The van der Waals surface area contributed by atoms with Crippen LogP contribution in [-0.2, 0) is 4.74 Å². The van der Waals surface area contributed by atoms with Crippen LogP contribution >= 0.6 is 0 Å². The van der Waals surface area contributed by atoms with Crippen LogP contribution < -0.4 is 4.74 Å². The molecule has 6 nitrogen and oxygen atoms in total. The van der Waals surface area contributed by atoms with E-state index in [1.807, 2.05) is 6.07 Å². The number of para-hydroxylation sites is 1. The Morgan fingerprint density at radius 2 is 1.96 bits per heavy atom. The topological polar surface area (TPSA) is 80.3 Å². The van der Waals surface area contributed by atoms with E-state index >= 15 is 0 Å². The largest absolute Gasteiger partial charge is 0.507 e. The SMILES string of the molecule is N#Cc1ccc(Oc2cn(C3CCCCO3)nc2-c2ccccc2O)cc1. The van der Waals surface area contributed by atoms with E-state index in [2.05, 4.69) is 11.2 Å². The van der Waals surface area contributed by atoms with E-state index in [1.54, 1.807) is 53.3 Å². The summed E-state index contributed by atoms with van der Waals surface area (Å²) in [5.74, 6) is 1.25. The number of benzene rings is 2. The molecule has 1 fully saturated rings. The highest BCUT2D eigenvalue weighted by Crippen LogP contribution is 2.38. The first-order chi connectivity index (χ1) is 13.2.